The van der Waals surface area contributed by atoms with Crippen molar-refractivity contribution in [2.75, 3.05) is 6.61 Å². The standard InChI is InChI=1S/C30H35NO6Si/c1-30(2,3)38(26-15-9-5-10-16-26,27-17-11-6-12-18-27)37-22-24(19-25(32)20-28(33)34)31-29(35)36-21-23-13-7-4-8-14-23/h4-18,24H,19-22H2,1-3H3,(H,31,35)(H,33,34). The van der Waals surface area contributed by atoms with Gasteiger partial charge in [-0.1, -0.05) is 112 Å². The summed E-state index contributed by atoms with van der Waals surface area (Å²) in [6, 6.07) is 28.5. The molecule has 0 saturated heterocycles. The fourth-order valence-corrected chi connectivity index (χ4v) is 9.19. The van der Waals surface area contributed by atoms with Crippen molar-refractivity contribution in [1.29, 1.82) is 0 Å². The van der Waals surface area contributed by atoms with E-state index in [1.54, 1.807) is 0 Å². The minimum absolute atomic E-state index is 0.0130. The predicted molar refractivity (Wildman–Crippen MR) is 149 cm³/mol. The third-order valence-electron chi connectivity index (χ3n) is 6.28. The molecule has 38 heavy (non-hydrogen) atoms. The third kappa shape index (κ3) is 7.63. The SMILES string of the molecule is CC(C)(C)[Si](OCC(CC(=O)CC(=O)O)NC(=O)OCc1ccccc1)(c1ccccc1)c1ccccc1. The number of carbonyl (C=O) groups is 3. The molecule has 0 bridgehead atoms. The van der Waals surface area contributed by atoms with Crippen LogP contribution in [0.1, 0.15) is 39.2 Å². The van der Waals surface area contributed by atoms with E-state index in [-0.39, 0.29) is 24.7 Å². The van der Waals surface area contributed by atoms with Gasteiger partial charge in [0.15, 0.2) is 0 Å². The molecule has 7 nitrogen and oxygen atoms in total. The number of carboxylic acids is 1. The number of carbonyl (C=O) groups excluding carboxylic acids is 2. The maximum atomic E-state index is 12.7. The highest BCUT2D eigenvalue weighted by atomic mass is 28.4. The van der Waals surface area contributed by atoms with Crippen LogP contribution in [0.3, 0.4) is 0 Å². The largest absolute Gasteiger partial charge is 0.481 e. The van der Waals surface area contributed by atoms with Gasteiger partial charge >= 0.3 is 12.1 Å². The van der Waals surface area contributed by atoms with Gasteiger partial charge in [0.05, 0.1) is 12.6 Å². The molecule has 0 fully saturated rings. The van der Waals surface area contributed by atoms with Crippen LogP contribution in [0.4, 0.5) is 4.79 Å². The van der Waals surface area contributed by atoms with Crippen molar-refractivity contribution in [3.8, 4) is 0 Å². The van der Waals surface area contributed by atoms with Gasteiger partial charge in [-0.2, -0.15) is 0 Å². The molecule has 1 atom stereocenters. The van der Waals surface area contributed by atoms with E-state index >= 15 is 0 Å². The van der Waals surface area contributed by atoms with Crippen LogP contribution in [-0.2, 0) is 25.4 Å². The normalized spacial score (nSPS) is 12.4. The molecule has 1 amide bonds. The molecular formula is C30H35NO6Si. The quantitative estimate of drug-likeness (QED) is 0.266. The highest BCUT2D eigenvalue weighted by molar-refractivity contribution is 6.99. The number of hydrogen-bond acceptors (Lipinski definition) is 5. The van der Waals surface area contributed by atoms with Gasteiger partial charge < -0.3 is 19.6 Å². The van der Waals surface area contributed by atoms with Crippen molar-refractivity contribution in [1.82, 2.24) is 5.32 Å². The Kier molecular flexibility index (Phi) is 9.98. The van der Waals surface area contributed by atoms with Crippen molar-refractivity contribution in [2.24, 2.45) is 0 Å². The first-order chi connectivity index (χ1) is 18.1. The first-order valence-corrected chi connectivity index (χ1v) is 14.5. The average molecular weight is 534 g/mol. The molecule has 0 saturated carbocycles. The number of rotatable bonds is 12. The van der Waals surface area contributed by atoms with E-state index in [4.69, 9.17) is 14.3 Å². The molecule has 0 spiro atoms. The lowest BCUT2D eigenvalue weighted by Gasteiger charge is -2.43. The number of nitrogens with one attached hydrogen (secondary N) is 1. The summed E-state index contributed by atoms with van der Waals surface area (Å²) in [5.41, 5.74) is 0.824. The Morgan fingerprint density at radius 3 is 1.82 bits per heavy atom. The van der Waals surface area contributed by atoms with Crippen LogP contribution in [0, 0.1) is 0 Å². The van der Waals surface area contributed by atoms with E-state index in [9.17, 15) is 14.4 Å². The van der Waals surface area contributed by atoms with Crippen LogP contribution in [0.2, 0.25) is 5.04 Å². The molecule has 3 rings (SSSR count). The summed E-state index contributed by atoms with van der Waals surface area (Å²) in [6.45, 7) is 6.47. The number of Topliss-reactive ketones (excluding diaryl/α,β-unsaturated/α-hetero) is 1. The molecule has 3 aromatic carbocycles. The van der Waals surface area contributed by atoms with Gasteiger partial charge in [-0.3, -0.25) is 9.59 Å². The Hall–Kier alpha value is -3.75. The summed E-state index contributed by atoms with van der Waals surface area (Å²) in [5, 5.41) is 13.6. The summed E-state index contributed by atoms with van der Waals surface area (Å²) < 4.78 is 12.2. The van der Waals surface area contributed by atoms with E-state index in [1.807, 2.05) is 66.7 Å². The van der Waals surface area contributed by atoms with Crippen LogP contribution in [0.25, 0.3) is 0 Å². The molecule has 0 radical (unpaired) electrons. The number of aliphatic carboxylic acids is 1. The molecule has 0 aliphatic rings. The summed E-state index contributed by atoms with van der Waals surface area (Å²) >= 11 is 0. The zero-order chi connectivity index (χ0) is 27.6. The Morgan fingerprint density at radius 1 is 0.842 bits per heavy atom. The Balaban J connectivity index is 1.88. The van der Waals surface area contributed by atoms with Crippen LogP contribution in [0.5, 0.6) is 0 Å². The minimum Gasteiger partial charge on any atom is -0.481 e. The Labute approximate surface area is 224 Å². The van der Waals surface area contributed by atoms with E-state index in [0.717, 1.165) is 15.9 Å². The van der Waals surface area contributed by atoms with Gasteiger partial charge in [-0.25, -0.2) is 4.79 Å². The summed E-state index contributed by atoms with van der Waals surface area (Å²) in [7, 11) is -2.94. The van der Waals surface area contributed by atoms with Crippen molar-refractivity contribution in [3.63, 3.8) is 0 Å². The Bertz CT molecular complexity index is 1160. The lowest BCUT2D eigenvalue weighted by atomic mass is 10.1. The maximum absolute atomic E-state index is 12.7. The lowest BCUT2D eigenvalue weighted by molar-refractivity contribution is -0.140. The Morgan fingerprint density at radius 2 is 1.34 bits per heavy atom. The molecule has 8 heteroatoms. The second kappa shape index (κ2) is 13.2. The summed E-state index contributed by atoms with van der Waals surface area (Å²) in [5.74, 6) is -1.72. The van der Waals surface area contributed by atoms with Gasteiger partial charge in [0, 0.05) is 6.42 Å². The van der Waals surface area contributed by atoms with E-state index in [2.05, 4.69) is 50.4 Å². The molecule has 3 aromatic rings. The zero-order valence-electron chi connectivity index (χ0n) is 22.1. The number of hydrogen-bond donors (Lipinski definition) is 2. The zero-order valence-corrected chi connectivity index (χ0v) is 23.1. The lowest BCUT2D eigenvalue weighted by Crippen LogP contribution is -2.67. The highest BCUT2D eigenvalue weighted by Crippen LogP contribution is 2.36. The molecule has 2 N–H and O–H groups in total. The summed E-state index contributed by atoms with van der Waals surface area (Å²) in [6.07, 6.45) is -1.52. The van der Waals surface area contributed by atoms with E-state index in [1.165, 1.54) is 0 Å². The van der Waals surface area contributed by atoms with Gasteiger partial charge in [-0.15, -0.1) is 0 Å². The van der Waals surface area contributed by atoms with Crippen molar-refractivity contribution in [3.05, 3.63) is 96.6 Å². The molecule has 0 heterocycles. The van der Waals surface area contributed by atoms with Gasteiger partial charge in [0.2, 0.25) is 0 Å². The third-order valence-corrected chi connectivity index (χ3v) is 11.3. The monoisotopic (exact) mass is 533 g/mol. The maximum Gasteiger partial charge on any atom is 0.407 e. The summed E-state index contributed by atoms with van der Waals surface area (Å²) in [4.78, 5) is 36.3. The number of ketones is 1. The van der Waals surface area contributed by atoms with Crippen molar-refractivity contribution < 1.29 is 28.7 Å². The molecule has 0 aliphatic carbocycles. The van der Waals surface area contributed by atoms with Crippen LogP contribution in [-0.4, -0.2) is 43.9 Å². The second-order valence-electron chi connectivity index (χ2n) is 10.2. The molecule has 0 aromatic heterocycles. The molecule has 1 unspecified atom stereocenters. The number of benzene rings is 3. The van der Waals surface area contributed by atoms with Crippen LogP contribution < -0.4 is 15.7 Å². The van der Waals surface area contributed by atoms with Crippen LogP contribution in [0.15, 0.2) is 91.0 Å². The van der Waals surface area contributed by atoms with Gasteiger partial charge in [0.1, 0.15) is 18.8 Å². The number of carboxylic acid groups (broad SMARTS) is 1. The first kappa shape index (κ1) is 28.8. The first-order valence-electron chi connectivity index (χ1n) is 12.6. The predicted octanol–water partition coefficient (Wildman–Crippen LogP) is 4.29. The molecule has 200 valence electrons. The molecule has 0 aliphatic heterocycles. The number of amides is 1. The van der Waals surface area contributed by atoms with Crippen LogP contribution >= 0.6 is 0 Å². The number of ether oxygens (including phenoxy) is 1. The topological polar surface area (TPSA) is 102 Å². The molecular weight excluding hydrogens is 498 g/mol. The van der Waals surface area contributed by atoms with Crippen molar-refractivity contribution in [2.45, 2.75) is 51.3 Å². The number of alkyl carbamates (subject to hydrolysis) is 1. The average Bonchev–Trinajstić information content (AvgIpc) is 2.88. The second-order valence-corrected chi connectivity index (χ2v) is 14.5. The van der Waals surface area contributed by atoms with Gasteiger partial charge in [0.25, 0.3) is 8.32 Å². The fourth-order valence-electron chi connectivity index (χ4n) is 4.59. The fraction of sp³-hybridized carbons (Fsp3) is 0.300. The van der Waals surface area contributed by atoms with E-state index < -0.39 is 38.6 Å². The van der Waals surface area contributed by atoms with E-state index in [0.29, 0.717) is 0 Å². The van der Waals surface area contributed by atoms with Crippen molar-refractivity contribution >= 4 is 36.5 Å². The van der Waals surface area contributed by atoms with Gasteiger partial charge in [-0.05, 0) is 21.0 Å². The highest BCUT2D eigenvalue weighted by Gasteiger charge is 2.50. The minimum atomic E-state index is -2.94. The smallest absolute Gasteiger partial charge is 0.407 e.